The highest BCUT2D eigenvalue weighted by Gasteiger charge is 2.12. The maximum Gasteiger partial charge on any atom is 0.101 e. The van der Waals surface area contributed by atoms with Gasteiger partial charge < -0.3 is 0 Å². The topological polar surface area (TPSA) is 62.5 Å². The summed E-state index contributed by atoms with van der Waals surface area (Å²) in [6.45, 7) is 4.02. The molecule has 0 fully saturated rings. The molecule has 0 saturated carbocycles. The average molecular weight is 312 g/mol. The van der Waals surface area contributed by atoms with Gasteiger partial charge in [-0.2, -0.15) is 5.26 Å². The smallest absolute Gasteiger partial charge is 0.101 e. The van der Waals surface area contributed by atoms with Gasteiger partial charge in [-0.05, 0) is 26.0 Å². The van der Waals surface area contributed by atoms with Gasteiger partial charge in [0.1, 0.15) is 6.07 Å². The van der Waals surface area contributed by atoms with E-state index in [2.05, 4.69) is 26.4 Å². The van der Waals surface area contributed by atoms with Crippen LogP contribution in [0.25, 0.3) is 10.6 Å². The van der Waals surface area contributed by atoms with Crippen molar-refractivity contribution in [3.05, 3.63) is 50.7 Å². The third-order valence-electron chi connectivity index (χ3n) is 2.97. The van der Waals surface area contributed by atoms with Gasteiger partial charge in [-0.1, -0.05) is 0 Å². The van der Waals surface area contributed by atoms with Gasteiger partial charge in [0.05, 0.1) is 31.8 Å². The summed E-state index contributed by atoms with van der Waals surface area (Å²) in [4.78, 5) is 14.5. The van der Waals surface area contributed by atoms with Gasteiger partial charge in [0.2, 0.25) is 0 Å². The van der Waals surface area contributed by atoms with Crippen LogP contribution in [0, 0.1) is 25.2 Å². The number of aryl methyl sites for hydroxylation is 2. The van der Waals surface area contributed by atoms with Gasteiger partial charge in [0, 0.05) is 23.7 Å². The summed E-state index contributed by atoms with van der Waals surface area (Å²) >= 11 is 3.30. The van der Waals surface area contributed by atoms with Crippen LogP contribution >= 0.6 is 22.7 Å². The van der Waals surface area contributed by atoms with Crippen molar-refractivity contribution < 1.29 is 0 Å². The Morgan fingerprint density at radius 3 is 2.71 bits per heavy atom. The van der Waals surface area contributed by atoms with Crippen molar-refractivity contribution in [2.24, 2.45) is 0 Å². The SMILES string of the molecule is Cc1nc(C)c(-c2csc(Cc3ccc(C#N)cn3)n2)s1. The molecule has 0 amide bonds. The predicted molar refractivity (Wildman–Crippen MR) is 84.5 cm³/mol. The molecule has 4 nitrogen and oxygen atoms in total. The second kappa shape index (κ2) is 5.72. The van der Waals surface area contributed by atoms with E-state index in [1.165, 1.54) is 0 Å². The van der Waals surface area contributed by atoms with Crippen molar-refractivity contribution in [3.8, 4) is 16.6 Å². The first-order valence-corrected chi connectivity index (χ1v) is 8.09. The Hall–Kier alpha value is -2.10. The third kappa shape index (κ3) is 2.99. The molecular formula is C15H12N4S2. The molecule has 0 spiro atoms. The molecule has 0 bridgehead atoms. The number of hydrogen-bond donors (Lipinski definition) is 0. The van der Waals surface area contributed by atoms with Gasteiger partial charge >= 0.3 is 0 Å². The molecule has 3 aromatic heterocycles. The molecule has 0 aliphatic carbocycles. The monoisotopic (exact) mass is 312 g/mol. The quantitative estimate of drug-likeness (QED) is 0.739. The Morgan fingerprint density at radius 2 is 2.10 bits per heavy atom. The van der Waals surface area contributed by atoms with Crippen molar-refractivity contribution >= 4 is 22.7 Å². The van der Waals surface area contributed by atoms with Gasteiger partial charge in [-0.15, -0.1) is 22.7 Å². The Bertz CT molecular complexity index is 809. The lowest BCUT2D eigenvalue weighted by atomic mass is 10.2. The molecule has 6 heteroatoms. The molecule has 0 aliphatic heterocycles. The molecular weight excluding hydrogens is 300 g/mol. The van der Waals surface area contributed by atoms with E-state index in [1.54, 1.807) is 34.9 Å². The van der Waals surface area contributed by atoms with Crippen molar-refractivity contribution in [2.75, 3.05) is 0 Å². The van der Waals surface area contributed by atoms with E-state index >= 15 is 0 Å². The normalized spacial score (nSPS) is 10.5. The van der Waals surface area contributed by atoms with Crippen LogP contribution in [0.1, 0.15) is 27.0 Å². The van der Waals surface area contributed by atoms with Crippen LogP contribution in [0.4, 0.5) is 0 Å². The minimum Gasteiger partial charge on any atom is -0.259 e. The van der Waals surface area contributed by atoms with Crippen LogP contribution in [0.5, 0.6) is 0 Å². The number of aromatic nitrogens is 3. The summed E-state index contributed by atoms with van der Waals surface area (Å²) in [6, 6.07) is 5.73. The first-order chi connectivity index (χ1) is 10.2. The van der Waals surface area contributed by atoms with Crippen molar-refractivity contribution in [1.29, 1.82) is 5.26 Å². The molecule has 3 heterocycles. The van der Waals surface area contributed by atoms with Gasteiger partial charge in [-0.3, -0.25) is 4.98 Å². The molecule has 21 heavy (non-hydrogen) atoms. The summed E-state index contributed by atoms with van der Waals surface area (Å²) in [5, 5.41) is 12.9. The fraction of sp³-hybridized carbons (Fsp3) is 0.200. The Balaban J connectivity index is 1.82. The van der Waals surface area contributed by atoms with Gasteiger partial charge in [0.15, 0.2) is 0 Å². The van der Waals surface area contributed by atoms with Crippen LogP contribution in [0.15, 0.2) is 23.7 Å². The number of hydrogen-bond acceptors (Lipinski definition) is 6. The lowest BCUT2D eigenvalue weighted by Gasteiger charge is -1.97. The largest absolute Gasteiger partial charge is 0.259 e. The van der Waals surface area contributed by atoms with E-state index in [0.717, 1.165) is 32.0 Å². The fourth-order valence-electron chi connectivity index (χ4n) is 2.02. The lowest BCUT2D eigenvalue weighted by molar-refractivity contribution is 1.05. The lowest BCUT2D eigenvalue weighted by Crippen LogP contribution is -1.92. The summed E-state index contributed by atoms with van der Waals surface area (Å²) in [6.07, 6.45) is 2.29. The van der Waals surface area contributed by atoms with Crippen LogP contribution < -0.4 is 0 Å². The maximum atomic E-state index is 8.77. The zero-order valence-corrected chi connectivity index (χ0v) is 13.3. The molecule has 104 valence electrons. The number of pyridine rings is 1. The molecule has 3 rings (SSSR count). The number of rotatable bonds is 3. The highest BCUT2D eigenvalue weighted by Crippen LogP contribution is 2.30. The second-order valence-electron chi connectivity index (χ2n) is 4.60. The molecule has 0 aliphatic rings. The standard InChI is InChI=1S/C15H12N4S2/c1-9-15(21-10(2)18-9)13-8-20-14(19-13)5-12-4-3-11(6-16)7-17-12/h3-4,7-8H,5H2,1-2H3. The molecule has 0 aromatic carbocycles. The van der Waals surface area contributed by atoms with E-state index in [0.29, 0.717) is 12.0 Å². The van der Waals surface area contributed by atoms with E-state index in [9.17, 15) is 0 Å². The van der Waals surface area contributed by atoms with Crippen molar-refractivity contribution in [3.63, 3.8) is 0 Å². The first-order valence-electron chi connectivity index (χ1n) is 6.39. The maximum absolute atomic E-state index is 8.77. The summed E-state index contributed by atoms with van der Waals surface area (Å²) in [5.41, 5.74) is 3.53. The number of nitrogens with zero attached hydrogens (tertiary/aromatic N) is 4. The summed E-state index contributed by atoms with van der Waals surface area (Å²) in [7, 11) is 0. The average Bonchev–Trinajstić information content (AvgIpc) is 3.06. The van der Waals surface area contributed by atoms with E-state index in [-0.39, 0.29) is 0 Å². The summed E-state index contributed by atoms with van der Waals surface area (Å²) < 4.78 is 0. The van der Waals surface area contributed by atoms with Crippen LogP contribution in [-0.4, -0.2) is 15.0 Å². The predicted octanol–water partition coefficient (Wildman–Crippen LogP) is 3.74. The van der Waals surface area contributed by atoms with E-state index < -0.39 is 0 Å². The molecule has 0 radical (unpaired) electrons. The Morgan fingerprint density at radius 1 is 1.24 bits per heavy atom. The van der Waals surface area contributed by atoms with Gasteiger partial charge in [-0.25, -0.2) is 9.97 Å². The minimum atomic E-state index is 0.578. The van der Waals surface area contributed by atoms with Crippen molar-refractivity contribution in [1.82, 2.24) is 15.0 Å². The first kappa shape index (κ1) is 13.9. The summed E-state index contributed by atoms with van der Waals surface area (Å²) in [5.74, 6) is 0. The fourth-order valence-corrected chi connectivity index (χ4v) is 3.77. The van der Waals surface area contributed by atoms with Crippen LogP contribution in [0.2, 0.25) is 0 Å². The second-order valence-corrected chi connectivity index (χ2v) is 6.75. The van der Waals surface area contributed by atoms with Crippen LogP contribution in [-0.2, 0) is 6.42 Å². The highest BCUT2D eigenvalue weighted by molar-refractivity contribution is 7.15. The zero-order chi connectivity index (χ0) is 14.8. The number of thiazole rings is 2. The zero-order valence-electron chi connectivity index (χ0n) is 11.6. The van der Waals surface area contributed by atoms with Gasteiger partial charge in [0.25, 0.3) is 0 Å². The minimum absolute atomic E-state index is 0.578. The van der Waals surface area contributed by atoms with E-state index in [4.69, 9.17) is 5.26 Å². The molecule has 0 saturated heterocycles. The number of nitriles is 1. The molecule has 0 unspecified atom stereocenters. The highest BCUT2D eigenvalue weighted by atomic mass is 32.1. The van der Waals surface area contributed by atoms with Crippen molar-refractivity contribution in [2.45, 2.75) is 20.3 Å². The Labute approximate surface area is 130 Å². The molecule has 0 N–H and O–H groups in total. The Kier molecular flexibility index (Phi) is 3.78. The van der Waals surface area contributed by atoms with E-state index in [1.807, 2.05) is 19.9 Å². The molecule has 0 atom stereocenters. The third-order valence-corrected chi connectivity index (χ3v) is 4.92. The molecule has 3 aromatic rings. The van der Waals surface area contributed by atoms with Crippen LogP contribution in [0.3, 0.4) is 0 Å².